The van der Waals surface area contributed by atoms with Gasteiger partial charge in [0.25, 0.3) is 0 Å². The quantitative estimate of drug-likeness (QED) is 0.850. The van der Waals surface area contributed by atoms with E-state index in [-0.39, 0.29) is 17.6 Å². The Morgan fingerprint density at radius 1 is 1.00 bits per heavy atom. The van der Waals surface area contributed by atoms with Crippen molar-refractivity contribution in [2.45, 2.75) is 6.92 Å². The molecule has 0 radical (unpaired) electrons. The van der Waals surface area contributed by atoms with E-state index in [1.54, 1.807) is 42.5 Å². The van der Waals surface area contributed by atoms with E-state index in [1.165, 1.54) is 25.1 Å². The van der Waals surface area contributed by atoms with Crippen molar-refractivity contribution in [3.63, 3.8) is 0 Å². The van der Waals surface area contributed by atoms with Crippen LogP contribution in [0.4, 0.5) is 15.8 Å². The summed E-state index contributed by atoms with van der Waals surface area (Å²) in [5.74, 6) is -0.967. The third kappa shape index (κ3) is 4.56. The number of carbonyl (C=O) groups excluding carboxylic acids is 2. The van der Waals surface area contributed by atoms with Crippen LogP contribution >= 0.6 is 0 Å². The molecule has 22 heavy (non-hydrogen) atoms. The normalized spacial score (nSPS) is 10.5. The summed E-state index contributed by atoms with van der Waals surface area (Å²) in [7, 11) is 0. The number of benzene rings is 2. The van der Waals surface area contributed by atoms with Crippen molar-refractivity contribution in [3.8, 4) is 0 Å². The summed E-state index contributed by atoms with van der Waals surface area (Å²) in [5, 5.41) is 5.27. The van der Waals surface area contributed by atoms with E-state index in [4.69, 9.17) is 0 Å². The predicted octanol–water partition coefficient (Wildman–Crippen LogP) is 3.44. The SMILES string of the molecule is CC(=O)Nc1cccc(NC(=O)/C=C/c2ccccc2F)c1. The van der Waals surface area contributed by atoms with Gasteiger partial charge in [-0.15, -0.1) is 0 Å². The minimum absolute atomic E-state index is 0.192. The molecule has 5 heteroatoms. The fraction of sp³-hybridized carbons (Fsp3) is 0.0588. The second kappa shape index (κ2) is 7.17. The zero-order chi connectivity index (χ0) is 15.9. The lowest BCUT2D eigenvalue weighted by atomic mass is 10.2. The van der Waals surface area contributed by atoms with E-state index in [9.17, 15) is 14.0 Å². The number of carbonyl (C=O) groups is 2. The number of hydrogen-bond acceptors (Lipinski definition) is 2. The Bertz CT molecular complexity index is 726. The first-order chi connectivity index (χ1) is 10.5. The monoisotopic (exact) mass is 298 g/mol. The minimum atomic E-state index is -0.390. The summed E-state index contributed by atoms with van der Waals surface area (Å²) in [6.45, 7) is 1.41. The van der Waals surface area contributed by atoms with Gasteiger partial charge in [0, 0.05) is 29.9 Å². The van der Waals surface area contributed by atoms with E-state index >= 15 is 0 Å². The van der Waals surface area contributed by atoms with Gasteiger partial charge in [0.05, 0.1) is 0 Å². The van der Waals surface area contributed by atoms with Gasteiger partial charge >= 0.3 is 0 Å². The van der Waals surface area contributed by atoms with Gasteiger partial charge in [0.2, 0.25) is 11.8 Å². The Morgan fingerprint density at radius 2 is 1.68 bits per heavy atom. The molecule has 0 aliphatic carbocycles. The summed E-state index contributed by atoms with van der Waals surface area (Å²) in [6.07, 6.45) is 2.66. The molecule has 0 saturated carbocycles. The lowest BCUT2D eigenvalue weighted by molar-refractivity contribution is -0.114. The van der Waals surface area contributed by atoms with Crippen molar-refractivity contribution in [3.05, 3.63) is 66.0 Å². The van der Waals surface area contributed by atoms with Gasteiger partial charge in [-0.2, -0.15) is 0 Å². The van der Waals surface area contributed by atoms with Crippen molar-refractivity contribution < 1.29 is 14.0 Å². The largest absolute Gasteiger partial charge is 0.326 e. The Morgan fingerprint density at radius 3 is 2.36 bits per heavy atom. The summed E-state index contributed by atoms with van der Waals surface area (Å²) < 4.78 is 13.4. The van der Waals surface area contributed by atoms with Gasteiger partial charge in [0.1, 0.15) is 5.82 Å². The van der Waals surface area contributed by atoms with E-state index in [0.29, 0.717) is 16.9 Å². The zero-order valence-corrected chi connectivity index (χ0v) is 12.0. The van der Waals surface area contributed by atoms with Gasteiger partial charge in [-0.05, 0) is 30.3 Å². The molecule has 0 atom stereocenters. The molecule has 0 fully saturated rings. The average Bonchev–Trinajstić information content (AvgIpc) is 2.46. The molecule has 112 valence electrons. The van der Waals surface area contributed by atoms with Crippen LogP contribution in [-0.2, 0) is 9.59 Å². The lowest BCUT2D eigenvalue weighted by Gasteiger charge is -2.06. The summed E-state index contributed by atoms with van der Waals surface area (Å²) >= 11 is 0. The van der Waals surface area contributed by atoms with Crippen LogP contribution in [-0.4, -0.2) is 11.8 Å². The molecule has 0 bridgehead atoms. The van der Waals surface area contributed by atoms with E-state index in [1.807, 2.05) is 0 Å². The Kier molecular flexibility index (Phi) is 5.03. The molecule has 0 aliphatic heterocycles. The third-order valence-corrected chi connectivity index (χ3v) is 2.77. The maximum atomic E-state index is 13.4. The first kappa shape index (κ1) is 15.4. The molecular weight excluding hydrogens is 283 g/mol. The highest BCUT2D eigenvalue weighted by atomic mass is 19.1. The topological polar surface area (TPSA) is 58.2 Å². The van der Waals surface area contributed by atoms with Crippen molar-refractivity contribution in [2.24, 2.45) is 0 Å². The highest BCUT2D eigenvalue weighted by Gasteiger charge is 2.02. The first-order valence-electron chi connectivity index (χ1n) is 6.66. The van der Waals surface area contributed by atoms with Crippen molar-refractivity contribution in [2.75, 3.05) is 10.6 Å². The van der Waals surface area contributed by atoms with Crippen molar-refractivity contribution >= 4 is 29.3 Å². The summed E-state index contributed by atoms with van der Waals surface area (Å²) in [5.41, 5.74) is 1.46. The summed E-state index contributed by atoms with van der Waals surface area (Å²) in [4.78, 5) is 22.8. The number of anilines is 2. The number of amides is 2. The fourth-order valence-corrected chi connectivity index (χ4v) is 1.84. The molecule has 2 N–H and O–H groups in total. The fourth-order valence-electron chi connectivity index (χ4n) is 1.84. The number of hydrogen-bond donors (Lipinski definition) is 2. The van der Waals surface area contributed by atoms with Crippen LogP contribution in [0.1, 0.15) is 12.5 Å². The molecule has 2 aromatic carbocycles. The summed E-state index contributed by atoms with van der Waals surface area (Å²) in [6, 6.07) is 12.9. The highest BCUT2D eigenvalue weighted by Crippen LogP contribution is 2.15. The van der Waals surface area contributed by atoms with Crippen LogP contribution in [0, 0.1) is 5.82 Å². The van der Waals surface area contributed by atoms with Crippen LogP contribution < -0.4 is 10.6 Å². The zero-order valence-electron chi connectivity index (χ0n) is 12.0. The van der Waals surface area contributed by atoms with Crippen LogP contribution in [0.2, 0.25) is 0 Å². The maximum Gasteiger partial charge on any atom is 0.248 e. The van der Waals surface area contributed by atoms with E-state index < -0.39 is 0 Å². The molecule has 0 aliphatic rings. The van der Waals surface area contributed by atoms with Crippen LogP contribution in [0.3, 0.4) is 0 Å². The lowest BCUT2D eigenvalue weighted by Crippen LogP contribution is -2.09. The maximum absolute atomic E-state index is 13.4. The van der Waals surface area contributed by atoms with Gasteiger partial charge in [0.15, 0.2) is 0 Å². The molecule has 4 nitrogen and oxygen atoms in total. The van der Waals surface area contributed by atoms with Gasteiger partial charge in [-0.3, -0.25) is 9.59 Å². The molecule has 2 amide bonds. The molecular formula is C17H15FN2O2. The Labute approximate surface area is 127 Å². The Hall–Kier alpha value is -2.95. The second-order valence-electron chi connectivity index (χ2n) is 4.61. The minimum Gasteiger partial charge on any atom is -0.326 e. The van der Waals surface area contributed by atoms with Crippen molar-refractivity contribution in [1.29, 1.82) is 0 Å². The molecule has 0 aromatic heterocycles. The first-order valence-corrected chi connectivity index (χ1v) is 6.66. The van der Waals surface area contributed by atoms with Crippen molar-refractivity contribution in [1.82, 2.24) is 0 Å². The standard InChI is InChI=1S/C17H15FN2O2/c1-12(21)19-14-6-4-7-15(11-14)20-17(22)10-9-13-5-2-3-8-16(13)18/h2-11H,1H3,(H,19,21)(H,20,22)/b10-9+. The van der Waals surface area contributed by atoms with Crippen LogP contribution in [0.25, 0.3) is 6.08 Å². The predicted molar refractivity (Wildman–Crippen MR) is 84.8 cm³/mol. The molecule has 0 saturated heterocycles. The third-order valence-electron chi connectivity index (χ3n) is 2.77. The highest BCUT2D eigenvalue weighted by molar-refractivity contribution is 6.02. The smallest absolute Gasteiger partial charge is 0.248 e. The van der Waals surface area contributed by atoms with Gasteiger partial charge in [-0.25, -0.2) is 4.39 Å². The van der Waals surface area contributed by atoms with E-state index in [0.717, 1.165) is 0 Å². The van der Waals surface area contributed by atoms with Crippen LogP contribution in [0.5, 0.6) is 0 Å². The molecule has 2 rings (SSSR count). The molecule has 0 spiro atoms. The molecule has 2 aromatic rings. The number of nitrogens with one attached hydrogen (secondary N) is 2. The molecule has 0 unspecified atom stereocenters. The second-order valence-corrected chi connectivity index (χ2v) is 4.61. The Balaban J connectivity index is 2.03. The van der Waals surface area contributed by atoms with Gasteiger partial charge < -0.3 is 10.6 Å². The van der Waals surface area contributed by atoms with E-state index in [2.05, 4.69) is 10.6 Å². The average molecular weight is 298 g/mol. The van der Waals surface area contributed by atoms with Gasteiger partial charge in [-0.1, -0.05) is 24.3 Å². The van der Waals surface area contributed by atoms with Crippen LogP contribution in [0.15, 0.2) is 54.6 Å². The number of halogens is 1. The number of rotatable bonds is 4. The molecule has 0 heterocycles.